The van der Waals surface area contributed by atoms with Gasteiger partial charge in [0.15, 0.2) is 5.82 Å². The number of aromatic nitrogens is 2. The third kappa shape index (κ3) is 1.66. The van der Waals surface area contributed by atoms with Crippen molar-refractivity contribution in [3.63, 3.8) is 0 Å². The summed E-state index contributed by atoms with van der Waals surface area (Å²) in [4.78, 5) is 29.3. The van der Waals surface area contributed by atoms with Gasteiger partial charge in [0.2, 0.25) is 5.78 Å². The fourth-order valence-electron chi connectivity index (χ4n) is 2.54. The van der Waals surface area contributed by atoms with Crippen LogP contribution in [0.25, 0.3) is 16.6 Å². The number of hydrogen-bond acceptors (Lipinski definition) is 3. The van der Waals surface area contributed by atoms with Crippen LogP contribution in [0.15, 0.2) is 41.2 Å². The summed E-state index contributed by atoms with van der Waals surface area (Å²) < 4.78 is 1.32. The Hall–Kier alpha value is -2.17. The van der Waals surface area contributed by atoms with Crippen molar-refractivity contribution in [3.05, 3.63) is 68.2 Å². The minimum Gasteiger partial charge on any atom is -0.285 e. The lowest BCUT2D eigenvalue weighted by atomic mass is 10.1. The van der Waals surface area contributed by atoms with Crippen LogP contribution in [0.4, 0.5) is 0 Å². The average molecular weight is 317 g/mol. The standard InChI is InChI=1S/C15H6Cl2N2O2/c16-7-2-4-12-10(5-7)13(20)14-18-11-6-8(17)1-3-9(11)15(21)19(12)14/h1-6H. The van der Waals surface area contributed by atoms with E-state index in [9.17, 15) is 9.59 Å². The van der Waals surface area contributed by atoms with E-state index in [-0.39, 0.29) is 17.2 Å². The fraction of sp³-hybridized carbons (Fsp3) is 0. The molecule has 2 heterocycles. The predicted molar refractivity (Wildman–Crippen MR) is 80.8 cm³/mol. The Kier molecular flexibility index (Phi) is 2.49. The molecule has 21 heavy (non-hydrogen) atoms. The Morgan fingerprint density at radius 3 is 2.48 bits per heavy atom. The zero-order valence-electron chi connectivity index (χ0n) is 10.4. The molecule has 102 valence electrons. The summed E-state index contributed by atoms with van der Waals surface area (Å²) in [6.07, 6.45) is 0. The van der Waals surface area contributed by atoms with Crippen LogP contribution in [-0.4, -0.2) is 15.3 Å². The first-order valence-electron chi connectivity index (χ1n) is 6.13. The van der Waals surface area contributed by atoms with Crippen molar-refractivity contribution in [3.8, 4) is 5.69 Å². The van der Waals surface area contributed by atoms with Crippen LogP contribution in [0.2, 0.25) is 10.0 Å². The molecule has 1 aliphatic heterocycles. The van der Waals surface area contributed by atoms with E-state index < -0.39 is 0 Å². The van der Waals surface area contributed by atoms with Crippen molar-refractivity contribution < 1.29 is 4.79 Å². The third-order valence-electron chi connectivity index (χ3n) is 3.48. The van der Waals surface area contributed by atoms with Crippen LogP contribution in [0.3, 0.4) is 0 Å². The van der Waals surface area contributed by atoms with E-state index in [2.05, 4.69) is 4.98 Å². The van der Waals surface area contributed by atoms with Gasteiger partial charge in [0.25, 0.3) is 5.56 Å². The van der Waals surface area contributed by atoms with Gasteiger partial charge in [-0.1, -0.05) is 23.2 Å². The molecule has 0 amide bonds. The molecule has 0 bridgehead atoms. The van der Waals surface area contributed by atoms with Gasteiger partial charge in [-0.2, -0.15) is 0 Å². The molecule has 0 fully saturated rings. The second kappa shape index (κ2) is 4.16. The second-order valence-electron chi connectivity index (χ2n) is 4.73. The number of rotatable bonds is 0. The summed E-state index contributed by atoms with van der Waals surface area (Å²) in [7, 11) is 0. The Bertz CT molecular complexity index is 1010. The maximum absolute atomic E-state index is 12.6. The average Bonchev–Trinajstić information content (AvgIpc) is 2.72. The number of nitrogens with zero attached hydrogens (tertiary/aromatic N) is 2. The van der Waals surface area contributed by atoms with Crippen LogP contribution in [0, 0.1) is 0 Å². The van der Waals surface area contributed by atoms with Gasteiger partial charge in [0.1, 0.15) is 0 Å². The molecular formula is C15H6Cl2N2O2. The Morgan fingerprint density at radius 1 is 0.952 bits per heavy atom. The predicted octanol–water partition coefficient (Wildman–Crippen LogP) is 3.24. The molecule has 0 spiro atoms. The number of carbonyl (C=O) groups excluding carboxylic acids is 1. The summed E-state index contributed by atoms with van der Waals surface area (Å²) >= 11 is 11.8. The van der Waals surface area contributed by atoms with Gasteiger partial charge in [0, 0.05) is 10.0 Å². The van der Waals surface area contributed by atoms with Gasteiger partial charge in [-0.3, -0.25) is 14.2 Å². The van der Waals surface area contributed by atoms with Gasteiger partial charge in [-0.05, 0) is 36.4 Å². The van der Waals surface area contributed by atoms with Crippen molar-refractivity contribution in [2.75, 3.05) is 0 Å². The molecule has 0 unspecified atom stereocenters. The molecule has 0 saturated carbocycles. The van der Waals surface area contributed by atoms with Crippen molar-refractivity contribution in [2.45, 2.75) is 0 Å². The Balaban J connectivity index is 2.17. The van der Waals surface area contributed by atoms with Crippen LogP contribution in [0.1, 0.15) is 16.2 Å². The molecular weight excluding hydrogens is 311 g/mol. The molecule has 0 radical (unpaired) electrons. The minimum absolute atomic E-state index is 0.0898. The Labute approximate surface area is 128 Å². The van der Waals surface area contributed by atoms with Crippen molar-refractivity contribution in [1.82, 2.24) is 9.55 Å². The van der Waals surface area contributed by atoms with E-state index in [1.165, 1.54) is 4.57 Å². The normalized spacial score (nSPS) is 12.6. The highest BCUT2D eigenvalue weighted by atomic mass is 35.5. The lowest BCUT2D eigenvalue weighted by molar-refractivity contribution is 0.103. The number of hydrogen-bond donors (Lipinski definition) is 0. The minimum atomic E-state index is -0.313. The summed E-state index contributed by atoms with van der Waals surface area (Å²) in [5.41, 5.74) is 1.01. The fourth-order valence-corrected chi connectivity index (χ4v) is 2.88. The molecule has 0 atom stereocenters. The lowest BCUT2D eigenvalue weighted by Gasteiger charge is -2.05. The van der Waals surface area contributed by atoms with Crippen molar-refractivity contribution in [1.29, 1.82) is 0 Å². The van der Waals surface area contributed by atoms with Crippen LogP contribution >= 0.6 is 23.2 Å². The monoisotopic (exact) mass is 316 g/mol. The first-order valence-corrected chi connectivity index (χ1v) is 6.89. The first-order chi connectivity index (χ1) is 10.1. The highest BCUT2D eigenvalue weighted by Gasteiger charge is 2.30. The number of benzene rings is 2. The number of fused-ring (bicyclic) bond motifs is 4. The quantitative estimate of drug-likeness (QED) is 0.500. The van der Waals surface area contributed by atoms with Gasteiger partial charge in [-0.15, -0.1) is 0 Å². The lowest BCUT2D eigenvalue weighted by Crippen LogP contribution is -2.21. The number of carbonyl (C=O) groups is 1. The van der Waals surface area contributed by atoms with E-state index >= 15 is 0 Å². The molecule has 1 aromatic heterocycles. The van der Waals surface area contributed by atoms with Crippen LogP contribution in [-0.2, 0) is 0 Å². The van der Waals surface area contributed by atoms with Crippen molar-refractivity contribution in [2.24, 2.45) is 0 Å². The van der Waals surface area contributed by atoms with Crippen LogP contribution < -0.4 is 5.56 Å². The van der Waals surface area contributed by atoms with E-state index in [1.807, 2.05) is 0 Å². The third-order valence-corrected chi connectivity index (χ3v) is 3.95. The van der Waals surface area contributed by atoms with E-state index in [1.54, 1.807) is 36.4 Å². The number of halogens is 2. The highest BCUT2D eigenvalue weighted by molar-refractivity contribution is 6.32. The molecule has 4 nitrogen and oxygen atoms in total. The molecule has 3 aromatic rings. The van der Waals surface area contributed by atoms with Gasteiger partial charge in [-0.25, -0.2) is 4.98 Å². The summed E-state index contributed by atoms with van der Waals surface area (Å²) in [5.74, 6) is -0.224. The topological polar surface area (TPSA) is 52.0 Å². The SMILES string of the molecule is O=C1c2cc(Cl)ccc2-n2c1nc1cc(Cl)ccc1c2=O. The molecule has 4 rings (SSSR count). The van der Waals surface area contributed by atoms with E-state index in [0.29, 0.717) is 32.2 Å². The molecule has 0 N–H and O–H groups in total. The molecule has 6 heteroatoms. The highest BCUT2D eigenvalue weighted by Crippen LogP contribution is 2.28. The first kappa shape index (κ1) is 12.6. The summed E-state index contributed by atoms with van der Waals surface area (Å²) in [6, 6.07) is 9.64. The maximum atomic E-state index is 12.6. The van der Waals surface area contributed by atoms with Gasteiger partial charge < -0.3 is 0 Å². The zero-order valence-corrected chi connectivity index (χ0v) is 11.9. The van der Waals surface area contributed by atoms with Crippen molar-refractivity contribution >= 4 is 39.9 Å². The van der Waals surface area contributed by atoms with Gasteiger partial charge in [0.05, 0.1) is 22.2 Å². The van der Waals surface area contributed by atoms with E-state index in [4.69, 9.17) is 23.2 Å². The Morgan fingerprint density at radius 2 is 1.67 bits per heavy atom. The maximum Gasteiger partial charge on any atom is 0.266 e. The smallest absolute Gasteiger partial charge is 0.266 e. The zero-order chi connectivity index (χ0) is 14.7. The molecule has 1 aliphatic rings. The molecule has 0 saturated heterocycles. The van der Waals surface area contributed by atoms with Crippen LogP contribution in [0.5, 0.6) is 0 Å². The largest absolute Gasteiger partial charge is 0.285 e. The van der Waals surface area contributed by atoms with E-state index in [0.717, 1.165) is 0 Å². The second-order valence-corrected chi connectivity index (χ2v) is 5.60. The van der Waals surface area contributed by atoms with Gasteiger partial charge >= 0.3 is 0 Å². The number of ketones is 1. The summed E-state index contributed by atoms with van der Waals surface area (Å²) in [5, 5.41) is 1.32. The molecule has 0 aliphatic carbocycles. The molecule has 2 aromatic carbocycles. The summed E-state index contributed by atoms with van der Waals surface area (Å²) in [6.45, 7) is 0.